The molecule has 0 saturated carbocycles. The maximum absolute atomic E-state index is 10.7. The van der Waals surface area contributed by atoms with Crippen LogP contribution >= 0.6 is 0 Å². The Morgan fingerprint density at radius 3 is 2.65 bits per heavy atom. The first-order valence-electron chi connectivity index (χ1n) is 5.59. The quantitative estimate of drug-likeness (QED) is 0.555. The van der Waals surface area contributed by atoms with Crippen LogP contribution in [0.3, 0.4) is 0 Å². The zero-order valence-electron chi connectivity index (χ0n) is 9.85. The molecule has 1 aliphatic heterocycles. The SMILES string of the molecule is CC(=O)OC[C@]1(COCc2ccccc2)CO1. The molecule has 0 amide bonds. The highest BCUT2D eigenvalue weighted by atomic mass is 16.6. The number of hydrogen-bond acceptors (Lipinski definition) is 4. The van der Waals surface area contributed by atoms with Crippen LogP contribution in [0.1, 0.15) is 12.5 Å². The molecule has 1 aromatic carbocycles. The summed E-state index contributed by atoms with van der Waals surface area (Å²) in [5.41, 5.74) is 0.719. The van der Waals surface area contributed by atoms with E-state index in [9.17, 15) is 4.79 Å². The second-order valence-electron chi connectivity index (χ2n) is 4.23. The molecule has 0 spiro atoms. The Morgan fingerprint density at radius 1 is 1.35 bits per heavy atom. The number of benzene rings is 1. The van der Waals surface area contributed by atoms with Crippen LogP contribution in [0.4, 0.5) is 0 Å². The minimum Gasteiger partial charge on any atom is -0.463 e. The van der Waals surface area contributed by atoms with Gasteiger partial charge >= 0.3 is 5.97 Å². The van der Waals surface area contributed by atoms with Gasteiger partial charge in [0.05, 0.1) is 19.8 Å². The van der Waals surface area contributed by atoms with Gasteiger partial charge in [-0.1, -0.05) is 30.3 Å². The monoisotopic (exact) mass is 236 g/mol. The predicted octanol–water partition coefficient (Wildman–Crippen LogP) is 1.54. The summed E-state index contributed by atoms with van der Waals surface area (Å²) < 4.78 is 15.8. The molecule has 1 atom stereocenters. The second-order valence-corrected chi connectivity index (χ2v) is 4.23. The second kappa shape index (κ2) is 5.29. The Balaban J connectivity index is 1.70. The van der Waals surface area contributed by atoms with Crippen LogP contribution in [-0.4, -0.2) is 31.4 Å². The average Bonchev–Trinajstić information content (AvgIpc) is 3.09. The lowest BCUT2D eigenvalue weighted by Crippen LogP contribution is -2.27. The molecule has 1 aliphatic rings. The van der Waals surface area contributed by atoms with Gasteiger partial charge in [-0.3, -0.25) is 4.79 Å². The molecule has 1 fully saturated rings. The minimum absolute atomic E-state index is 0.275. The molecule has 92 valence electrons. The van der Waals surface area contributed by atoms with Crippen molar-refractivity contribution in [3.05, 3.63) is 35.9 Å². The van der Waals surface area contributed by atoms with Gasteiger partial charge < -0.3 is 14.2 Å². The molecule has 0 N–H and O–H groups in total. The molecular formula is C13H16O4. The third kappa shape index (κ3) is 3.84. The molecule has 4 heteroatoms. The van der Waals surface area contributed by atoms with E-state index in [1.165, 1.54) is 6.92 Å². The molecule has 0 aliphatic carbocycles. The van der Waals surface area contributed by atoms with Crippen LogP contribution in [0.2, 0.25) is 0 Å². The number of rotatable bonds is 6. The molecule has 0 radical (unpaired) electrons. The van der Waals surface area contributed by atoms with Gasteiger partial charge in [-0.15, -0.1) is 0 Å². The van der Waals surface area contributed by atoms with Crippen molar-refractivity contribution < 1.29 is 19.0 Å². The average molecular weight is 236 g/mol. The van der Waals surface area contributed by atoms with Gasteiger partial charge in [-0.05, 0) is 5.56 Å². The minimum atomic E-state index is -0.402. The summed E-state index contributed by atoms with van der Waals surface area (Å²) in [5.74, 6) is -0.289. The van der Waals surface area contributed by atoms with Gasteiger partial charge in [0.2, 0.25) is 0 Å². The Labute approximate surface area is 100 Å². The first-order valence-corrected chi connectivity index (χ1v) is 5.59. The standard InChI is InChI=1S/C13H16O4/c1-11(14)16-9-13(10-17-13)8-15-7-12-5-3-2-4-6-12/h2-6H,7-10H2,1H3/t13-/m1/s1. The fourth-order valence-corrected chi connectivity index (χ4v) is 1.47. The smallest absolute Gasteiger partial charge is 0.302 e. The highest BCUT2D eigenvalue weighted by Gasteiger charge is 2.46. The third-order valence-corrected chi connectivity index (χ3v) is 2.57. The van der Waals surface area contributed by atoms with Crippen molar-refractivity contribution in [3.8, 4) is 0 Å². The van der Waals surface area contributed by atoms with Gasteiger partial charge in [0.1, 0.15) is 12.2 Å². The maximum atomic E-state index is 10.7. The lowest BCUT2D eigenvalue weighted by molar-refractivity contribution is -0.143. The largest absolute Gasteiger partial charge is 0.463 e. The van der Waals surface area contributed by atoms with E-state index in [1.807, 2.05) is 30.3 Å². The van der Waals surface area contributed by atoms with E-state index in [0.717, 1.165) is 5.56 Å². The molecule has 2 rings (SSSR count). The zero-order valence-corrected chi connectivity index (χ0v) is 9.85. The lowest BCUT2D eigenvalue weighted by atomic mass is 10.2. The Hall–Kier alpha value is -1.39. The number of carbonyl (C=O) groups excluding carboxylic acids is 1. The molecule has 0 aromatic heterocycles. The summed E-state index contributed by atoms with van der Waals surface area (Å²) in [6, 6.07) is 9.93. The van der Waals surface area contributed by atoms with Crippen molar-refractivity contribution in [1.82, 2.24) is 0 Å². The fourth-order valence-electron chi connectivity index (χ4n) is 1.47. The Morgan fingerprint density at radius 2 is 2.06 bits per heavy atom. The molecular weight excluding hydrogens is 220 g/mol. The molecule has 0 bridgehead atoms. The normalized spacial score (nSPS) is 22.2. The van der Waals surface area contributed by atoms with Crippen LogP contribution in [-0.2, 0) is 25.6 Å². The molecule has 0 unspecified atom stereocenters. The number of esters is 1. The summed E-state index contributed by atoms with van der Waals surface area (Å²) in [6.07, 6.45) is 0. The fraction of sp³-hybridized carbons (Fsp3) is 0.462. The van der Waals surface area contributed by atoms with Crippen molar-refractivity contribution in [2.75, 3.05) is 19.8 Å². The highest BCUT2D eigenvalue weighted by molar-refractivity contribution is 5.66. The molecule has 1 saturated heterocycles. The predicted molar refractivity (Wildman–Crippen MR) is 61.4 cm³/mol. The van der Waals surface area contributed by atoms with Crippen LogP contribution in [0.5, 0.6) is 0 Å². The van der Waals surface area contributed by atoms with Gasteiger partial charge in [-0.2, -0.15) is 0 Å². The van der Waals surface area contributed by atoms with Crippen LogP contribution in [0.25, 0.3) is 0 Å². The molecule has 1 aromatic rings. The van der Waals surface area contributed by atoms with E-state index >= 15 is 0 Å². The zero-order chi connectivity index (χ0) is 12.1. The highest BCUT2D eigenvalue weighted by Crippen LogP contribution is 2.28. The van der Waals surface area contributed by atoms with Gasteiger partial charge in [0.25, 0.3) is 0 Å². The first-order chi connectivity index (χ1) is 8.20. The van der Waals surface area contributed by atoms with E-state index in [-0.39, 0.29) is 12.6 Å². The molecule has 17 heavy (non-hydrogen) atoms. The van der Waals surface area contributed by atoms with Crippen LogP contribution in [0.15, 0.2) is 30.3 Å². The summed E-state index contributed by atoms with van der Waals surface area (Å²) >= 11 is 0. The summed E-state index contributed by atoms with van der Waals surface area (Å²) in [4.78, 5) is 10.7. The number of hydrogen-bond donors (Lipinski definition) is 0. The van der Waals surface area contributed by atoms with Gasteiger partial charge in [0, 0.05) is 6.92 Å². The van der Waals surface area contributed by atoms with Crippen molar-refractivity contribution in [1.29, 1.82) is 0 Å². The number of ether oxygens (including phenoxy) is 3. The summed E-state index contributed by atoms with van der Waals surface area (Å²) in [6.45, 7) is 3.26. The van der Waals surface area contributed by atoms with E-state index in [0.29, 0.717) is 19.8 Å². The van der Waals surface area contributed by atoms with Crippen molar-refractivity contribution in [2.45, 2.75) is 19.1 Å². The first kappa shape index (κ1) is 12.1. The van der Waals surface area contributed by atoms with E-state index in [2.05, 4.69) is 0 Å². The van der Waals surface area contributed by atoms with E-state index in [4.69, 9.17) is 14.2 Å². The number of epoxide rings is 1. The summed E-state index contributed by atoms with van der Waals surface area (Å²) in [5, 5.41) is 0. The van der Waals surface area contributed by atoms with Gasteiger partial charge in [-0.25, -0.2) is 0 Å². The summed E-state index contributed by atoms with van der Waals surface area (Å²) in [7, 11) is 0. The van der Waals surface area contributed by atoms with E-state index in [1.54, 1.807) is 0 Å². The molecule has 1 heterocycles. The molecule has 4 nitrogen and oxygen atoms in total. The van der Waals surface area contributed by atoms with Crippen molar-refractivity contribution in [3.63, 3.8) is 0 Å². The van der Waals surface area contributed by atoms with Crippen molar-refractivity contribution >= 4 is 5.97 Å². The van der Waals surface area contributed by atoms with Crippen molar-refractivity contribution in [2.24, 2.45) is 0 Å². The number of carbonyl (C=O) groups is 1. The van der Waals surface area contributed by atoms with Gasteiger partial charge in [0.15, 0.2) is 0 Å². The Kier molecular flexibility index (Phi) is 3.76. The van der Waals surface area contributed by atoms with E-state index < -0.39 is 5.60 Å². The van der Waals surface area contributed by atoms with Crippen LogP contribution < -0.4 is 0 Å². The lowest BCUT2D eigenvalue weighted by Gasteiger charge is -2.12. The Bertz CT molecular complexity index is 370. The van der Waals surface area contributed by atoms with Crippen LogP contribution in [0, 0.1) is 0 Å². The topological polar surface area (TPSA) is 48.1 Å². The maximum Gasteiger partial charge on any atom is 0.302 e. The third-order valence-electron chi connectivity index (χ3n) is 2.57.